The molecule has 2 saturated heterocycles. The predicted molar refractivity (Wildman–Crippen MR) is 165 cm³/mol. The minimum Gasteiger partial charge on any atom is -0.444 e. The molecule has 16 heteroatoms. The first-order chi connectivity index (χ1) is 22.5. The van der Waals surface area contributed by atoms with Gasteiger partial charge in [-0.25, -0.2) is 18.6 Å². The number of hydrogen-bond donors (Lipinski definition) is 1. The van der Waals surface area contributed by atoms with E-state index in [0.717, 1.165) is 18.2 Å². The maximum atomic E-state index is 14.9. The summed E-state index contributed by atoms with van der Waals surface area (Å²) in [5.74, 6) is -6.08. The second-order valence-electron chi connectivity index (χ2n) is 13.1. The van der Waals surface area contributed by atoms with Gasteiger partial charge in [0, 0.05) is 58.3 Å². The van der Waals surface area contributed by atoms with E-state index < -0.39 is 47.0 Å². The first kappa shape index (κ1) is 34.4. The van der Waals surface area contributed by atoms with Crippen LogP contribution in [0.3, 0.4) is 0 Å². The molecule has 5 rings (SSSR count). The topological polar surface area (TPSA) is 141 Å². The number of aromatic nitrogens is 3. The molecule has 0 radical (unpaired) electrons. The molecule has 2 aliphatic heterocycles. The molecule has 2 atom stereocenters. The van der Waals surface area contributed by atoms with Crippen LogP contribution in [0.5, 0.6) is 0 Å². The second-order valence-corrected chi connectivity index (χ2v) is 13.1. The normalized spacial score (nSPS) is 18.8. The van der Waals surface area contributed by atoms with Crippen molar-refractivity contribution in [2.45, 2.75) is 70.1 Å². The SMILES string of the molecule is CN(C(=O)c1cnc(N2C[C@H](NC(=O)OC(C)(C)C)[C@@H](c3cc(F)ccc3F)C2)c(C#N)c1)C1CCN(c2nc(C(C)(F)F)no2)CC1. The number of hydrogen-bond acceptors (Lipinski definition) is 10. The Balaban J connectivity index is 1.30. The van der Waals surface area contributed by atoms with Crippen molar-refractivity contribution in [1.82, 2.24) is 25.3 Å². The molecule has 2 aromatic heterocycles. The molecule has 2 amide bonds. The summed E-state index contributed by atoms with van der Waals surface area (Å²) < 4.78 is 66.6. The van der Waals surface area contributed by atoms with Crippen LogP contribution >= 0.6 is 0 Å². The summed E-state index contributed by atoms with van der Waals surface area (Å²) >= 11 is 0. The number of benzene rings is 1. The largest absolute Gasteiger partial charge is 0.444 e. The molecule has 1 aromatic carbocycles. The minimum absolute atomic E-state index is 0.00905. The lowest BCUT2D eigenvalue weighted by atomic mass is 9.94. The molecule has 4 heterocycles. The average Bonchev–Trinajstić information content (AvgIpc) is 3.69. The highest BCUT2D eigenvalue weighted by atomic mass is 19.3. The summed E-state index contributed by atoms with van der Waals surface area (Å²) in [6.45, 7) is 6.76. The zero-order valence-electron chi connectivity index (χ0n) is 27.1. The third-order valence-electron chi connectivity index (χ3n) is 8.32. The van der Waals surface area contributed by atoms with Crippen LogP contribution in [0, 0.1) is 23.0 Å². The number of piperidine rings is 1. The number of alkyl carbamates (subject to hydrolysis) is 1. The quantitative estimate of drug-likeness (QED) is 0.343. The zero-order chi connectivity index (χ0) is 35.0. The van der Waals surface area contributed by atoms with Crippen molar-refractivity contribution < 1.29 is 36.4 Å². The lowest BCUT2D eigenvalue weighted by molar-refractivity contribution is 0.00557. The molecule has 2 fully saturated rings. The number of anilines is 2. The highest BCUT2D eigenvalue weighted by molar-refractivity contribution is 5.94. The Morgan fingerprint density at radius 3 is 2.44 bits per heavy atom. The Labute approximate surface area is 274 Å². The van der Waals surface area contributed by atoms with Crippen molar-refractivity contribution in [3.8, 4) is 6.07 Å². The molecule has 0 unspecified atom stereocenters. The number of ether oxygens (including phenoxy) is 1. The summed E-state index contributed by atoms with van der Waals surface area (Å²) in [6, 6.07) is 5.68. The van der Waals surface area contributed by atoms with Gasteiger partial charge in [-0.15, -0.1) is 0 Å². The zero-order valence-corrected chi connectivity index (χ0v) is 27.1. The maximum absolute atomic E-state index is 14.9. The highest BCUT2D eigenvalue weighted by Gasteiger charge is 2.39. The fourth-order valence-electron chi connectivity index (χ4n) is 5.94. The van der Waals surface area contributed by atoms with Crippen molar-refractivity contribution in [2.24, 2.45) is 0 Å². The predicted octanol–water partition coefficient (Wildman–Crippen LogP) is 4.96. The van der Waals surface area contributed by atoms with Gasteiger partial charge in [-0.05, 0) is 63.4 Å². The molecule has 12 nitrogen and oxygen atoms in total. The molecule has 3 aromatic rings. The Morgan fingerprint density at radius 1 is 1.10 bits per heavy atom. The number of halogens is 4. The lowest BCUT2D eigenvalue weighted by Crippen LogP contribution is -2.45. The van der Waals surface area contributed by atoms with Gasteiger partial charge in [-0.3, -0.25) is 4.79 Å². The van der Waals surface area contributed by atoms with Gasteiger partial charge in [0.25, 0.3) is 5.91 Å². The van der Waals surface area contributed by atoms with E-state index in [1.807, 2.05) is 0 Å². The third-order valence-corrected chi connectivity index (χ3v) is 8.32. The van der Waals surface area contributed by atoms with Crippen LogP contribution in [-0.4, -0.2) is 82.9 Å². The highest BCUT2D eigenvalue weighted by Crippen LogP contribution is 2.34. The number of nitriles is 1. The van der Waals surface area contributed by atoms with Crippen LogP contribution in [0.15, 0.2) is 35.0 Å². The molecule has 1 N–H and O–H groups in total. The van der Waals surface area contributed by atoms with Crippen molar-refractivity contribution >= 4 is 23.8 Å². The van der Waals surface area contributed by atoms with Crippen molar-refractivity contribution in [3.63, 3.8) is 0 Å². The molecular weight excluding hydrogens is 636 g/mol. The summed E-state index contributed by atoms with van der Waals surface area (Å²) in [5.41, 5.74) is -0.487. The van der Waals surface area contributed by atoms with E-state index in [2.05, 4.69) is 26.5 Å². The van der Waals surface area contributed by atoms with E-state index in [4.69, 9.17) is 9.26 Å². The van der Waals surface area contributed by atoms with Gasteiger partial charge in [0.15, 0.2) is 0 Å². The van der Waals surface area contributed by atoms with E-state index >= 15 is 0 Å². The smallest absolute Gasteiger partial charge is 0.407 e. The lowest BCUT2D eigenvalue weighted by Gasteiger charge is -2.36. The van der Waals surface area contributed by atoms with Gasteiger partial charge >= 0.3 is 18.0 Å². The Kier molecular flexibility index (Phi) is 9.52. The Morgan fingerprint density at radius 2 is 1.81 bits per heavy atom. The van der Waals surface area contributed by atoms with Gasteiger partial charge in [0.1, 0.15) is 29.1 Å². The van der Waals surface area contributed by atoms with Crippen molar-refractivity contribution in [2.75, 3.05) is 43.0 Å². The monoisotopic (exact) mass is 672 g/mol. The third kappa shape index (κ3) is 7.61. The first-order valence-corrected chi connectivity index (χ1v) is 15.4. The number of carbonyl (C=O) groups is 2. The van der Waals surface area contributed by atoms with Gasteiger partial charge in [0.2, 0.25) is 5.82 Å². The van der Waals surface area contributed by atoms with Crippen LogP contribution in [0.1, 0.15) is 73.8 Å². The minimum atomic E-state index is -3.23. The summed E-state index contributed by atoms with van der Waals surface area (Å²) in [5, 5.41) is 16.2. The van der Waals surface area contributed by atoms with E-state index in [-0.39, 0.29) is 53.6 Å². The van der Waals surface area contributed by atoms with Gasteiger partial charge < -0.3 is 29.3 Å². The van der Waals surface area contributed by atoms with Crippen LogP contribution in [0.2, 0.25) is 0 Å². The summed E-state index contributed by atoms with van der Waals surface area (Å²) in [7, 11) is 1.64. The molecule has 2 aliphatic rings. The Bertz CT molecular complexity index is 1710. The van der Waals surface area contributed by atoms with E-state index in [0.29, 0.717) is 32.9 Å². The number of pyridine rings is 1. The fraction of sp³-hybridized carbons (Fsp3) is 0.500. The molecule has 0 aliphatic carbocycles. The standard InChI is InChI=1S/C32H36F4N8O4/c1-31(2,3)47-30(46)39-25-17-44(16-23(25)22-13-20(33)6-7-24(22)34)26-18(14-37)12-19(15-38-26)27(45)42(5)21-8-10-43(11-9-21)29-40-28(41-48-29)32(4,35)36/h6-7,12-13,15,21,23,25H,8-11,16-17H2,1-5H3,(H,39,46)/t23-,25+/m1/s1. The molecule has 256 valence electrons. The summed E-state index contributed by atoms with van der Waals surface area (Å²) in [6.07, 6.45) is 1.61. The average molecular weight is 673 g/mol. The van der Waals surface area contributed by atoms with Crippen LogP contribution in [-0.2, 0) is 10.7 Å². The maximum Gasteiger partial charge on any atom is 0.407 e. The Hall–Kier alpha value is -4.94. The van der Waals surface area contributed by atoms with Crippen LogP contribution in [0.25, 0.3) is 0 Å². The fourth-order valence-corrected chi connectivity index (χ4v) is 5.94. The summed E-state index contributed by atoms with van der Waals surface area (Å²) in [4.78, 5) is 39.3. The first-order valence-electron chi connectivity index (χ1n) is 15.4. The van der Waals surface area contributed by atoms with E-state index in [1.165, 1.54) is 12.3 Å². The number of rotatable bonds is 7. The molecule has 0 bridgehead atoms. The van der Waals surface area contributed by atoms with Crippen molar-refractivity contribution in [1.29, 1.82) is 5.26 Å². The van der Waals surface area contributed by atoms with Crippen molar-refractivity contribution in [3.05, 3.63) is 64.6 Å². The van der Waals surface area contributed by atoms with E-state index in [9.17, 15) is 32.4 Å². The van der Waals surface area contributed by atoms with Gasteiger partial charge in [-0.2, -0.15) is 19.0 Å². The number of carbonyl (C=O) groups excluding carboxylic acids is 2. The van der Waals surface area contributed by atoms with Gasteiger partial charge in [0.05, 0.1) is 17.2 Å². The number of nitrogens with one attached hydrogen (secondary N) is 1. The van der Waals surface area contributed by atoms with Crippen LogP contribution in [0.4, 0.5) is 34.2 Å². The molecular formula is C32H36F4N8O4. The van der Waals surface area contributed by atoms with E-state index in [1.54, 1.807) is 42.5 Å². The number of alkyl halides is 2. The molecule has 48 heavy (non-hydrogen) atoms. The molecule has 0 saturated carbocycles. The molecule has 0 spiro atoms. The second kappa shape index (κ2) is 13.3. The number of amides is 2. The van der Waals surface area contributed by atoms with Gasteiger partial charge in [-0.1, -0.05) is 5.16 Å². The van der Waals surface area contributed by atoms with Crippen LogP contribution < -0.4 is 15.1 Å². The number of nitrogens with zero attached hydrogens (tertiary/aromatic N) is 7.